The first kappa shape index (κ1) is 14.9. The summed E-state index contributed by atoms with van der Waals surface area (Å²) in [7, 11) is 0. The van der Waals surface area contributed by atoms with Crippen molar-refractivity contribution in [2.45, 2.75) is 16.8 Å². The Bertz CT molecular complexity index is 682. The van der Waals surface area contributed by atoms with Gasteiger partial charge in [0.25, 0.3) is 0 Å². The summed E-state index contributed by atoms with van der Waals surface area (Å²) < 4.78 is 4.95. The molecule has 0 saturated carbocycles. The van der Waals surface area contributed by atoms with Gasteiger partial charge in [-0.25, -0.2) is 9.78 Å². The Kier molecular flexibility index (Phi) is 5.20. The van der Waals surface area contributed by atoms with Crippen LogP contribution in [0.4, 0.5) is 5.69 Å². The summed E-state index contributed by atoms with van der Waals surface area (Å²) in [6.45, 7) is 2.10. The second-order valence-corrected chi connectivity index (χ2v) is 4.98. The maximum Gasteiger partial charge on any atom is 0.338 e. The first-order valence-electron chi connectivity index (χ1n) is 6.19. The highest BCUT2D eigenvalue weighted by atomic mass is 32.2. The van der Waals surface area contributed by atoms with Crippen molar-refractivity contribution in [2.75, 3.05) is 6.61 Å². The Balaban J connectivity index is 2.14. The molecule has 7 heteroatoms. The van der Waals surface area contributed by atoms with Crippen LogP contribution in [0.5, 0.6) is 0 Å². The molecule has 0 spiro atoms. The number of esters is 1. The smallest absolute Gasteiger partial charge is 0.338 e. The third kappa shape index (κ3) is 4.24. The number of rotatable bonds is 5. The van der Waals surface area contributed by atoms with E-state index in [1.54, 1.807) is 37.4 Å². The third-order valence-electron chi connectivity index (χ3n) is 2.47. The van der Waals surface area contributed by atoms with Crippen LogP contribution in [0.15, 0.2) is 57.6 Å². The minimum Gasteiger partial charge on any atom is -0.462 e. The average Bonchev–Trinajstić information content (AvgIpc) is 2.50. The zero-order valence-electron chi connectivity index (χ0n) is 11.3. The van der Waals surface area contributed by atoms with Gasteiger partial charge in [0.15, 0.2) is 0 Å². The SMILES string of the molecule is CCOC(=O)c1ccnc(Sc2ccc(N=[N+]=[N-])cc2)c1. The highest BCUT2D eigenvalue weighted by Gasteiger charge is 2.08. The standard InChI is InChI=1S/C14H12N4O2S/c1-2-20-14(19)10-7-8-16-13(9-10)21-12-5-3-11(4-6-12)17-18-15/h3-9H,2H2,1H3. The van der Waals surface area contributed by atoms with Crippen molar-refractivity contribution >= 4 is 23.4 Å². The van der Waals surface area contributed by atoms with Gasteiger partial charge in [-0.05, 0) is 36.7 Å². The van der Waals surface area contributed by atoms with Gasteiger partial charge in [0, 0.05) is 21.7 Å². The van der Waals surface area contributed by atoms with Crippen LogP contribution in [-0.4, -0.2) is 17.6 Å². The van der Waals surface area contributed by atoms with Crippen LogP contribution in [0.3, 0.4) is 0 Å². The van der Waals surface area contributed by atoms with E-state index in [0.717, 1.165) is 4.90 Å². The summed E-state index contributed by atoms with van der Waals surface area (Å²) in [5.41, 5.74) is 9.37. The number of ether oxygens (including phenoxy) is 1. The van der Waals surface area contributed by atoms with Crippen LogP contribution in [0, 0.1) is 0 Å². The fraction of sp³-hybridized carbons (Fsp3) is 0.143. The number of benzene rings is 1. The number of hydrogen-bond acceptors (Lipinski definition) is 5. The molecule has 1 heterocycles. The van der Waals surface area contributed by atoms with Crippen LogP contribution in [0.25, 0.3) is 10.4 Å². The van der Waals surface area contributed by atoms with E-state index >= 15 is 0 Å². The highest BCUT2D eigenvalue weighted by molar-refractivity contribution is 7.99. The first-order valence-corrected chi connectivity index (χ1v) is 7.00. The summed E-state index contributed by atoms with van der Waals surface area (Å²) >= 11 is 1.41. The lowest BCUT2D eigenvalue weighted by Gasteiger charge is -2.04. The molecule has 0 radical (unpaired) electrons. The lowest BCUT2D eigenvalue weighted by molar-refractivity contribution is 0.0526. The monoisotopic (exact) mass is 300 g/mol. The van der Waals surface area contributed by atoms with E-state index < -0.39 is 0 Å². The third-order valence-corrected chi connectivity index (χ3v) is 3.41. The van der Waals surface area contributed by atoms with Gasteiger partial charge in [0.2, 0.25) is 0 Å². The molecule has 1 aromatic heterocycles. The van der Waals surface area contributed by atoms with E-state index in [4.69, 9.17) is 10.3 Å². The molecule has 2 rings (SSSR count). The number of nitrogens with zero attached hydrogens (tertiary/aromatic N) is 4. The van der Waals surface area contributed by atoms with Crippen LogP contribution in [0.1, 0.15) is 17.3 Å². The molecule has 0 saturated heterocycles. The van der Waals surface area contributed by atoms with Gasteiger partial charge in [-0.2, -0.15) is 0 Å². The molecule has 0 aliphatic carbocycles. The van der Waals surface area contributed by atoms with E-state index in [-0.39, 0.29) is 5.97 Å². The minimum atomic E-state index is -0.361. The van der Waals surface area contributed by atoms with Crippen molar-refractivity contribution in [1.82, 2.24) is 4.98 Å². The first-order chi connectivity index (χ1) is 10.2. The fourth-order valence-corrected chi connectivity index (χ4v) is 2.37. The molecule has 0 aliphatic rings. The summed E-state index contributed by atoms with van der Waals surface area (Å²) in [6, 6.07) is 10.4. The molecule has 6 nitrogen and oxygen atoms in total. The number of carbonyl (C=O) groups excluding carboxylic acids is 1. The Morgan fingerprint density at radius 2 is 2.14 bits per heavy atom. The van der Waals surface area contributed by atoms with Crippen molar-refractivity contribution in [3.63, 3.8) is 0 Å². The number of aromatic nitrogens is 1. The van der Waals surface area contributed by atoms with Gasteiger partial charge in [-0.1, -0.05) is 29.0 Å². The molecule has 0 atom stereocenters. The highest BCUT2D eigenvalue weighted by Crippen LogP contribution is 2.28. The molecule has 0 N–H and O–H groups in total. The lowest BCUT2D eigenvalue weighted by atomic mass is 10.3. The number of hydrogen-bond donors (Lipinski definition) is 0. The molecule has 0 bridgehead atoms. The Morgan fingerprint density at radius 1 is 1.38 bits per heavy atom. The van der Waals surface area contributed by atoms with Gasteiger partial charge in [-0.15, -0.1) is 0 Å². The normalized spacial score (nSPS) is 9.76. The summed E-state index contributed by atoms with van der Waals surface area (Å²) in [5, 5.41) is 4.20. The molecule has 106 valence electrons. The van der Waals surface area contributed by atoms with Crippen LogP contribution in [-0.2, 0) is 4.74 Å². The van der Waals surface area contributed by atoms with Crippen LogP contribution in [0.2, 0.25) is 0 Å². The van der Waals surface area contributed by atoms with Crippen LogP contribution >= 0.6 is 11.8 Å². The fourth-order valence-electron chi connectivity index (χ4n) is 1.56. The molecular weight excluding hydrogens is 288 g/mol. The molecule has 2 aromatic rings. The maximum absolute atomic E-state index is 11.7. The Morgan fingerprint density at radius 3 is 2.81 bits per heavy atom. The summed E-state index contributed by atoms with van der Waals surface area (Å²) in [5.74, 6) is -0.361. The van der Waals surface area contributed by atoms with Crippen molar-refractivity contribution in [3.05, 3.63) is 58.6 Å². The minimum absolute atomic E-state index is 0.338. The van der Waals surface area contributed by atoms with Gasteiger partial charge >= 0.3 is 5.97 Å². The zero-order chi connectivity index (χ0) is 15.1. The molecular formula is C14H12N4O2S. The molecule has 0 unspecified atom stereocenters. The van der Waals surface area contributed by atoms with Crippen LogP contribution < -0.4 is 0 Å². The van der Waals surface area contributed by atoms with Crippen molar-refractivity contribution in [2.24, 2.45) is 5.11 Å². The second-order valence-electron chi connectivity index (χ2n) is 3.89. The summed E-state index contributed by atoms with van der Waals surface area (Å²) in [6.07, 6.45) is 1.57. The summed E-state index contributed by atoms with van der Waals surface area (Å²) in [4.78, 5) is 19.5. The number of carbonyl (C=O) groups is 1. The molecule has 1 aromatic carbocycles. The lowest BCUT2D eigenvalue weighted by Crippen LogP contribution is -2.04. The average molecular weight is 300 g/mol. The van der Waals surface area contributed by atoms with Gasteiger partial charge in [0.1, 0.15) is 5.03 Å². The quantitative estimate of drug-likeness (QED) is 0.355. The van der Waals surface area contributed by atoms with E-state index in [9.17, 15) is 4.79 Å². The van der Waals surface area contributed by atoms with Crippen molar-refractivity contribution in [3.8, 4) is 0 Å². The Labute approximate surface area is 125 Å². The van der Waals surface area contributed by atoms with Gasteiger partial charge < -0.3 is 4.74 Å². The van der Waals surface area contributed by atoms with Crippen molar-refractivity contribution in [1.29, 1.82) is 0 Å². The molecule has 0 amide bonds. The van der Waals surface area contributed by atoms with Crippen molar-refractivity contribution < 1.29 is 9.53 Å². The van der Waals surface area contributed by atoms with E-state index in [1.807, 2.05) is 12.1 Å². The zero-order valence-corrected chi connectivity index (χ0v) is 12.1. The predicted octanol–water partition coefficient (Wildman–Crippen LogP) is 4.35. The topological polar surface area (TPSA) is 88.0 Å². The van der Waals surface area contributed by atoms with E-state index in [1.165, 1.54) is 11.8 Å². The maximum atomic E-state index is 11.7. The van der Waals surface area contributed by atoms with E-state index in [0.29, 0.717) is 22.9 Å². The molecule has 0 fully saturated rings. The predicted molar refractivity (Wildman–Crippen MR) is 79.6 cm³/mol. The molecule has 0 aliphatic heterocycles. The van der Waals surface area contributed by atoms with Gasteiger partial charge in [-0.3, -0.25) is 0 Å². The second kappa shape index (κ2) is 7.33. The number of azide groups is 1. The van der Waals surface area contributed by atoms with E-state index in [2.05, 4.69) is 15.0 Å². The van der Waals surface area contributed by atoms with Gasteiger partial charge in [0.05, 0.1) is 12.2 Å². The molecule has 21 heavy (non-hydrogen) atoms. The largest absolute Gasteiger partial charge is 0.462 e. The Hall–Kier alpha value is -2.50. The number of pyridine rings is 1.